The third-order valence-electron chi connectivity index (χ3n) is 2.76. The molecule has 0 amide bonds. The fourth-order valence-electron chi connectivity index (χ4n) is 1.94. The van der Waals surface area contributed by atoms with Gasteiger partial charge in [0.2, 0.25) is 0 Å². The van der Waals surface area contributed by atoms with E-state index in [1.165, 1.54) is 0 Å². The van der Waals surface area contributed by atoms with Crippen LogP contribution in [-0.4, -0.2) is 16.9 Å². The maximum atomic E-state index is 12.9. The van der Waals surface area contributed by atoms with E-state index in [1.807, 2.05) is 13.8 Å². The monoisotopic (exact) mass is 363 g/mol. The van der Waals surface area contributed by atoms with Crippen molar-refractivity contribution < 1.29 is 22.7 Å². The lowest BCUT2D eigenvalue weighted by Gasteiger charge is -2.11. The predicted octanol–water partition coefficient (Wildman–Crippen LogP) is 5.03. The molecule has 0 bridgehead atoms. The summed E-state index contributed by atoms with van der Waals surface area (Å²) in [7, 11) is 0. The van der Waals surface area contributed by atoms with Crippen LogP contribution in [0, 0.1) is 0 Å². The Morgan fingerprint density at radius 3 is 2.70 bits per heavy atom. The van der Waals surface area contributed by atoms with E-state index in [-0.39, 0.29) is 17.0 Å². The van der Waals surface area contributed by atoms with Crippen LogP contribution < -0.4 is 4.74 Å². The third-order valence-corrected chi connectivity index (χ3v) is 3.96. The average Bonchev–Trinajstić information content (AvgIpc) is 2.80. The Hall–Kier alpha value is -1.60. The van der Waals surface area contributed by atoms with E-state index in [1.54, 1.807) is 24.3 Å². The van der Waals surface area contributed by atoms with Gasteiger partial charge in [-0.05, 0) is 31.5 Å². The fourth-order valence-corrected chi connectivity index (χ4v) is 3.01. The van der Waals surface area contributed by atoms with E-state index in [4.69, 9.17) is 16.3 Å². The smallest absolute Gasteiger partial charge is 0.434 e. The second-order valence-corrected chi connectivity index (χ2v) is 6.64. The summed E-state index contributed by atoms with van der Waals surface area (Å²) >= 11 is 6.07. The van der Waals surface area contributed by atoms with Crippen LogP contribution in [0.15, 0.2) is 24.3 Å². The number of hydrogen-bond acceptors (Lipinski definition) is 4. The van der Waals surface area contributed by atoms with Crippen molar-refractivity contribution in [1.29, 1.82) is 0 Å². The molecular formula is C15H13ClF3NO2S. The summed E-state index contributed by atoms with van der Waals surface area (Å²) < 4.78 is 43.8. The molecular weight excluding hydrogens is 351 g/mol. The molecule has 8 heteroatoms. The number of alkyl halides is 3. The van der Waals surface area contributed by atoms with Crippen LogP contribution in [0.4, 0.5) is 13.2 Å². The molecule has 1 aromatic carbocycles. The number of ketones is 1. The van der Waals surface area contributed by atoms with Crippen LogP contribution in [0.25, 0.3) is 0 Å². The molecule has 0 saturated heterocycles. The van der Waals surface area contributed by atoms with Gasteiger partial charge in [-0.25, -0.2) is 4.98 Å². The van der Waals surface area contributed by atoms with E-state index < -0.39 is 22.5 Å². The van der Waals surface area contributed by atoms with Crippen molar-refractivity contribution in [2.24, 2.45) is 0 Å². The van der Waals surface area contributed by atoms with Gasteiger partial charge >= 0.3 is 6.18 Å². The van der Waals surface area contributed by atoms with Crippen molar-refractivity contribution in [2.45, 2.75) is 32.5 Å². The number of halogens is 4. The van der Waals surface area contributed by atoms with Crippen molar-refractivity contribution in [3.05, 3.63) is 44.9 Å². The van der Waals surface area contributed by atoms with Crippen molar-refractivity contribution in [2.75, 3.05) is 0 Å². The van der Waals surface area contributed by atoms with Crippen LogP contribution in [0.1, 0.15) is 34.8 Å². The number of benzene rings is 1. The highest BCUT2D eigenvalue weighted by molar-refractivity contribution is 7.17. The molecule has 2 rings (SSSR count). The molecule has 23 heavy (non-hydrogen) atoms. The highest BCUT2D eigenvalue weighted by Gasteiger charge is 2.39. The summed E-state index contributed by atoms with van der Waals surface area (Å²) in [6, 6.07) is 6.69. The molecule has 0 aliphatic rings. The molecule has 0 N–H and O–H groups in total. The highest BCUT2D eigenvalue weighted by Crippen LogP contribution is 2.36. The molecule has 0 fully saturated rings. The molecule has 0 unspecified atom stereocenters. The molecule has 2 aromatic rings. The van der Waals surface area contributed by atoms with Crippen molar-refractivity contribution in [1.82, 2.24) is 4.98 Å². The second kappa shape index (κ2) is 6.88. The topological polar surface area (TPSA) is 39.2 Å². The van der Waals surface area contributed by atoms with Gasteiger partial charge in [0.1, 0.15) is 10.6 Å². The zero-order valence-electron chi connectivity index (χ0n) is 12.3. The Morgan fingerprint density at radius 1 is 1.39 bits per heavy atom. The third kappa shape index (κ3) is 4.68. The Morgan fingerprint density at radius 2 is 2.09 bits per heavy atom. The predicted molar refractivity (Wildman–Crippen MR) is 82.4 cm³/mol. The number of Topliss-reactive ketones (excluding diaryl/α,β-unsaturated/α-hetero) is 1. The normalized spacial score (nSPS) is 11.8. The van der Waals surface area contributed by atoms with Gasteiger partial charge < -0.3 is 4.74 Å². The van der Waals surface area contributed by atoms with Gasteiger partial charge in [-0.3, -0.25) is 4.79 Å². The SMILES string of the molecule is CC(C)Oc1cccc(CC(=O)c2sc(Cl)nc2C(F)(F)F)c1. The average molecular weight is 364 g/mol. The van der Waals surface area contributed by atoms with Gasteiger partial charge in [-0.2, -0.15) is 13.2 Å². The second-order valence-electron chi connectivity index (χ2n) is 5.06. The Bertz CT molecular complexity index is 713. The Balaban J connectivity index is 2.23. The van der Waals surface area contributed by atoms with Crippen LogP contribution in [0.5, 0.6) is 5.75 Å². The summed E-state index contributed by atoms with van der Waals surface area (Å²) in [6.07, 6.45) is -4.94. The van der Waals surface area contributed by atoms with Crippen LogP contribution in [-0.2, 0) is 12.6 Å². The number of ether oxygens (including phenoxy) is 1. The van der Waals surface area contributed by atoms with Gasteiger partial charge in [-0.15, -0.1) is 0 Å². The lowest BCUT2D eigenvalue weighted by molar-refractivity contribution is -0.141. The first-order valence-electron chi connectivity index (χ1n) is 6.69. The van der Waals surface area contributed by atoms with E-state index in [2.05, 4.69) is 4.98 Å². The van der Waals surface area contributed by atoms with Gasteiger partial charge in [0.25, 0.3) is 0 Å². The zero-order valence-corrected chi connectivity index (χ0v) is 13.9. The lowest BCUT2D eigenvalue weighted by atomic mass is 10.1. The van der Waals surface area contributed by atoms with Gasteiger partial charge in [0.15, 0.2) is 15.9 Å². The largest absolute Gasteiger partial charge is 0.491 e. The molecule has 1 aromatic heterocycles. The summed E-state index contributed by atoms with van der Waals surface area (Å²) in [5, 5.41) is 0. The van der Waals surface area contributed by atoms with Gasteiger partial charge in [0, 0.05) is 6.42 Å². The van der Waals surface area contributed by atoms with E-state index in [0.717, 1.165) is 0 Å². The zero-order chi connectivity index (χ0) is 17.2. The minimum absolute atomic E-state index is 0.0434. The number of carbonyl (C=O) groups is 1. The molecule has 0 aliphatic carbocycles. The molecule has 124 valence electrons. The summed E-state index contributed by atoms with van der Waals surface area (Å²) in [4.78, 5) is 14.9. The molecule has 0 spiro atoms. The standard InChI is InChI=1S/C15H13ClF3NO2S/c1-8(2)22-10-5-3-4-9(6-10)7-11(21)12-13(15(17,18)19)20-14(16)23-12/h3-6,8H,7H2,1-2H3. The van der Waals surface area contributed by atoms with Crippen LogP contribution >= 0.6 is 22.9 Å². The van der Waals surface area contributed by atoms with E-state index in [9.17, 15) is 18.0 Å². The summed E-state index contributed by atoms with van der Waals surface area (Å²) in [5.41, 5.74) is -0.669. The Kier molecular flexibility index (Phi) is 5.31. The van der Waals surface area contributed by atoms with E-state index >= 15 is 0 Å². The van der Waals surface area contributed by atoms with Gasteiger partial charge in [0.05, 0.1) is 6.10 Å². The first-order valence-corrected chi connectivity index (χ1v) is 7.88. The molecule has 0 radical (unpaired) electrons. The summed E-state index contributed by atoms with van der Waals surface area (Å²) in [6.45, 7) is 3.71. The quantitative estimate of drug-likeness (QED) is 0.699. The molecule has 0 aliphatic heterocycles. The lowest BCUT2D eigenvalue weighted by Crippen LogP contribution is -2.13. The maximum Gasteiger partial charge on any atom is 0.434 e. The molecule has 0 saturated carbocycles. The fraction of sp³-hybridized carbons (Fsp3) is 0.333. The minimum Gasteiger partial charge on any atom is -0.491 e. The molecule has 3 nitrogen and oxygen atoms in total. The van der Waals surface area contributed by atoms with Gasteiger partial charge in [-0.1, -0.05) is 35.1 Å². The number of thiazole rings is 1. The van der Waals surface area contributed by atoms with Crippen LogP contribution in [0.3, 0.4) is 0 Å². The number of aromatic nitrogens is 1. The number of nitrogens with zero attached hydrogens (tertiary/aromatic N) is 1. The Labute approximate surface area is 140 Å². The summed E-state index contributed by atoms with van der Waals surface area (Å²) in [5.74, 6) is -0.118. The first kappa shape index (κ1) is 17.7. The first-order chi connectivity index (χ1) is 10.7. The van der Waals surface area contributed by atoms with E-state index in [0.29, 0.717) is 22.6 Å². The number of carbonyl (C=O) groups excluding carboxylic acids is 1. The minimum atomic E-state index is -4.71. The highest BCUT2D eigenvalue weighted by atomic mass is 35.5. The van der Waals surface area contributed by atoms with Crippen molar-refractivity contribution in [3.8, 4) is 5.75 Å². The molecule has 1 heterocycles. The number of hydrogen-bond donors (Lipinski definition) is 0. The maximum absolute atomic E-state index is 12.9. The van der Waals surface area contributed by atoms with Crippen molar-refractivity contribution in [3.63, 3.8) is 0 Å². The van der Waals surface area contributed by atoms with Crippen LogP contribution in [0.2, 0.25) is 4.47 Å². The molecule has 0 atom stereocenters. The number of rotatable bonds is 5. The van der Waals surface area contributed by atoms with Crippen molar-refractivity contribution >= 4 is 28.7 Å².